The summed E-state index contributed by atoms with van der Waals surface area (Å²) in [4.78, 5) is 10.9. The highest BCUT2D eigenvalue weighted by atomic mass is 32.2. The lowest BCUT2D eigenvalue weighted by molar-refractivity contribution is -0.162. The average Bonchev–Trinajstić information content (AvgIpc) is 2.34. The number of sulfonamides is 1. The van der Waals surface area contributed by atoms with E-state index >= 15 is 0 Å². The molecule has 0 spiro atoms. The Balaban J connectivity index is 2.56. The topological polar surface area (TPSA) is 94.9 Å². The van der Waals surface area contributed by atoms with Crippen molar-refractivity contribution in [1.29, 1.82) is 0 Å². The Bertz CT molecular complexity index is 496. The van der Waals surface area contributed by atoms with Crippen LogP contribution in [0.15, 0.2) is 12.2 Å². The van der Waals surface area contributed by atoms with Crippen LogP contribution in [0.5, 0.6) is 0 Å². The van der Waals surface area contributed by atoms with E-state index < -0.39 is 21.6 Å². The second-order valence-electron chi connectivity index (χ2n) is 6.75. The molecule has 122 valence electrons. The van der Waals surface area contributed by atoms with Gasteiger partial charge in [0.05, 0.1) is 5.75 Å². The number of hydrogen-bond donors (Lipinski definition) is 2. The molecular weight excluding hydrogens is 294 g/mol. The van der Waals surface area contributed by atoms with E-state index in [4.69, 9.17) is 5.11 Å². The molecule has 7 heteroatoms. The lowest BCUT2D eigenvalue weighted by Gasteiger charge is -2.34. The molecule has 0 unspecified atom stereocenters. The fourth-order valence-corrected chi connectivity index (χ4v) is 3.41. The number of rotatable bonds is 5. The van der Waals surface area contributed by atoms with Crippen molar-refractivity contribution >= 4 is 16.0 Å². The van der Waals surface area contributed by atoms with E-state index in [-0.39, 0.29) is 37.1 Å². The largest absolute Gasteiger partial charge is 0.479 e. The third kappa shape index (κ3) is 5.41. The highest BCUT2D eigenvalue weighted by molar-refractivity contribution is 7.89. The third-order valence-electron chi connectivity index (χ3n) is 3.54. The molecule has 0 bridgehead atoms. The van der Waals surface area contributed by atoms with Gasteiger partial charge in [0.15, 0.2) is 5.60 Å². The van der Waals surface area contributed by atoms with Crippen LogP contribution in [0.25, 0.3) is 0 Å². The van der Waals surface area contributed by atoms with Gasteiger partial charge in [-0.2, -0.15) is 0 Å². The van der Waals surface area contributed by atoms with Gasteiger partial charge in [-0.15, -0.1) is 0 Å². The number of aliphatic carboxylic acids is 1. The number of allylic oxidation sites excluding steroid dienone is 1. The Morgan fingerprint density at radius 1 is 1.24 bits per heavy atom. The summed E-state index contributed by atoms with van der Waals surface area (Å²) in [5.41, 5.74) is -1.68. The standard InChI is InChI=1S/C14H25NO5S/c1-13(2,3)6-4-5-11-21(19,20)15-9-7-14(18,8-10-15)12(16)17/h4-5,18H,6-11H2,1-3H3,(H,16,17). The maximum atomic E-state index is 12.1. The first kappa shape index (κ1) is 18.1. The maximum Gasteiger partial charge on any atom is 0.335 e. The van der Waals surface area contributed by atoms with Crippen molar-refractivity contribution in [3.05, 3.63) is 12.2 Å². The molecule has 21 heavy (non-hydrogen) atoms. The summed E-state index contributed by atoms with van der Waals surface area (Å²) < 4.78 is 25.5. The molecule has 0 amide bonds. The molecule has 0 radical (unpaired) electrons. The molecule has 1 heterocycles. The summed E-state index contributed by atoms with van der Waals surface area (Å²) in [5.74, 6) is -1.38. The fourth-order valence-electron chi connectivity index (χ4n) is 2.08. The van der Waals surface area contributed by atoms with E-state index in [0.717, 1.165) is 6.42 Å². The molecule has 6 nitrogen and oxygen atoms in total. The van der Waals surface area contributed by atoms with Gasteiger partial charge in [-0.3, -0.25) is 0 Å². The first-order valence-electron chi connectivity index (χ1n) is 7.05. The van der Waals surface area contributed by atoms with Gasteiger partial charge in [0.1, 0.15) is 0 Å². The summed E-state index contributed by atoms with van der Waals surface area (Å²) in [6, 6.07) is 0. The van der Waals surface area contributed by atoms with Gasteiger partial charge >= 0.3 is 5.97 Å². The summed E-state index contributed by atoms with van der Waals surface area (Å²) in [5, 5.41) is 18.7. The first-order chi connectivity index (χ1) is 9.46. The zero-order valence-electron chi connectivity index (χ0n) is 12.9. The van der Waals surface area contributed by atoms with Crippen molar-refractivity contribution in [2.24, 2.45) is 5.41 Å². The minimum atomic E-state index is -3.43. The number of nitrogens with zero attached hydrogens (tertiary/aromatic N) is 1. The second kappa shape index (κ2) is 6.46. The van der Waals surface area contributed by atoms with Crippen LogP contribution in [-0.2, 0) is 14.8 Å². The minimum Gasteiger partial charge on any atom is -0.479 e. The molecule has 1 fully saturated rings. The molecule has 0 aromatic carbocycles. The number of aliphatic hydroxyl groups is 1. The molecule has 0 aliphatic carbocycles. The molecule has 0 aromatic rings. The van der Waals surface area contributed by atoms with Crippen LogP contribution in [-0.4, -0.2) is 53.3 Å². The molecule has 1 aliphatic rings. The van der Waals surface area contributed by atoms with Crippen LogP contribution in [0.1, 0.15) is 40.0 Å². The molecule has 1 rings (SSSR count). The number of carboxylic acid groups (broad SMARTS) is 1. The van der Waals surface area contributed by atoms with Crippen LogP contribution >= 0.6 is 0 Å². The van der Waals surface area contributed by atoms with Crippen LogP contribution in [0.2, 0.25) is 0 Å². The van der Waals surface area contributed by atoms with Gasteiger partial charge in [-0.05, 0) is 11.8 Å². The van der Waals surface area contributed by atoms with Crippen molar-refractivity contribution in [1.82, 2.24) is 4.31 Å². The van der Waals surface area contributed by atoms with Gasteiger partial charge in [0.25, 0.3) is 0 Å². The smallest absolute Gasteiger partial charge is 0.335 e. The van der Waals surface area contributed by atoms with Crippen molar-refractivity contribution in [3.8, 4) is 0 Å². The zero-order valence-corrected chi connectivity index (χ0v) is 13.7. The predicted molar refractivity (Wildman–Crippen MR) is 80.4 cm³/mol. The lowest BCUT2D eigenvalue weighted by atomic mass is 9.92. The SMILES string of the molecule is CC(C)(C)CC=CCS(=O)(=O)N1CCC(O)(C(=O)O)CC1. The van der Waals surface area contributed by atoms with Gasteiger partial charge in [-0.1, -0.05) is 32.9 Å². The lowest BCUT2D eigenvalue weighted by Crippen LogP contribution is -2.51. The molecule has 1 aliphatic heterocycles. The number of hydrogen-bond acceptors (Lipinski definition) is 4. The quantitative estimate of drug-likeness (QED) is 0.743. The van der Waals surface area contributed by atoms with Crippen LogP contribution in [0.3, 0.4) is 0 Å². The predicted octanol–water partition coefficient (Wildman–Crippen LogP) is 1.22. The van der Waals surface area contributed by atoms with E-state index in [1.807, 2.05) is 6.08 Å². The van der Waals surface area contributed by atoms with Gasteiger partial charge < -0.3 is 10.2 Å². The Hall–Kier alpha value is -0.920. The van der Waals surface area contributed by atoms with Crippen LogP contribution in [0.4, 0.5) is 0 Å². The summed E-state index contributed by atoms with van der Waals surface area (Å²) in [6.45, 7) is 6.30. The van der Waals surface area contributed by atoms with Crippen LogP contribution in [0, 0.1) is 5.41 Å². The summed E-state index contributed by atoms with van der Waals surface area (Å²) >= 11 is 0. The van der Waals surface area contributed by atoms with Crippen molar-refractivity contribution in [2.45, 2.75) is 45.6 Å². The molecule has 0 atom stereocenters. The molecule has 1 saturated heterocycles. The number of carboxylic acids is 1. The van der Waals surface area contributed by atoms with Gasteiger partial charge in [0.2, 0.25) is 10.0 Å². The van der Waals surface area contributed by atoms with E-state index in [2.05, 4.69) is 20.8 Å². The van der Waals surface area contributed by atoms with E-state index in [0.29, 0.717) is 0 Å². The molecular formula is C14H25NO5S. The second-order valence-corrected chi connectivity index (χ2v) is 8.76. The monoisotopic (exact) mass is 319 g/mol. The van der Waals surface area contributed by atoms with Crippen molar-refractivity contribution < 1.29 is 23.4 Å². The molecule has 0 aromatic heterocycles. The van der Waals surface area contributed by atoms with E-state index in [1.54, 1.807) is 6.08 Å². The highest BCUT2D eigenvalue weighted by Crippen LogP contribution is 2.24. The summed E-state index contributed by atoms with van der Waals surface area (Å²) in [6.07, 6.45) is 4.13. The first-order valence-corrected chi connectivity index (χ1v) is 8.66. The normalized spacial score (nSPS) is 20.8. The summed E-state index contributed by atoms with van der Waals surface area (Å²) in [7, 11) is -3.43. The Morgan fingerprint density at radius 3 is 2.19 bits per heavy atom. The Kier molecular flexibility index (Phi) is 5.57. The van der Waals surface area contributed by atoms with Crippen molar-refractivity contribution in [3.63, 3.8) is 0 Å². The van der Waals surface area contributed by atoms with E-state index in [9.17, 15) is 18.3 Å². The fraction of sp³-hybridized carbons (Fsp3) is 0.786. The van der Waals surface area contributed by atoms with Gasteiger partial charge in [-0.25, -0.2) is 17.5 Å². The van der Waals surface area contributed by atoms with Gasteiger partial charge in [0, 0.05) is 25.9 Å². The number of piperidine rings is 1. The Morgan fingerprint density at radius 2 is 1.76 bits per heavy atom. The minimum absolute atomic E-state index is 0.0399. The molecule has 2 N–H and O–H groups in total. The molecule has 0 saturated carbocycles. The van der Waals surface area contributed by atoms with Crippen LogP contribution < -0.4 is 0 Å². The Labute approximate surface area is 126 Å². The average molecular weight is 319 g/mol. The van der Waals surface area contributed by atoms with Crippen molar-refractivity contribution in [2.75, 3.05) is 18.8 Å². The maximum absolute atomic E-state index is 12.1. The van der Waals surface area contributed by atoms with E-state index in [1.165, 1.54) is 4.31 Å². The number of carbonyl (C=O) groups is 1. The third-order valence-corrected chi connectivity index (χ3v) is 5.31. The zero-order chi connectivity index (χ0) is 16.3. The highest BCUT2D eigenvalue weighted by Gasteiger charge is 2.41.